The minimum atomic E-state index is 0.0637. The summed E-state index contributed by atoms with van der Waals surface area (Å²) in [5, 5.41) is 0. The Labute approximate surface area is 117 Å². The van der Waals surface area contributed by atoms with Crippen molar-refractivity contribution in [1.29, 1.82) is 0 Å². The van der Waals surface area contributed by atoms with E-state index in [9.17, 15) is 0 Å². The standard InChI is InChI=1S/C16H27N3/c1-12-6-7-15(13(2)8-12)19(5)16(10-17)9-14(3)18(4)11-16/h6-8,14H,9-11,17H2,1-5H3. The summed E-state index contributed by atoms with van der Waals surface area (Å²) in [6.45, 7) is 8.35. The molecule has 1 fully saturated rings. The number of aryl methyl sites for hydroxylation is 2. The molecule has 2 rings (SSSR count). The van der Waals surface area contributed by atoms with E-state index in [4.69, 9.17) is 5.73 Å². The number of rotatable bonds is 3. The molecule has 0 amide bonds. The third-order valence-corrected chi connectivity index (χ3v) is 4.78. The van der Waals surface area contributed by atoms with Crippen molar-refractivity contribution >= 4 is 5.69 Å². The van der Waals surface area contributed by atoms with Gasteiger partial charge in [0.25, 0.3) is 0 Å². The zero-order valence-corrected chi connectivity index (χ0v) is 12.9. The number of benzene rings is 1. The molecule has 1 saturated heterocycles. The first kappa shape index (κ1) is 14.4. The summed E-state index contributed by atoms with van der Waals surface area (Å²) in [7, 11) is 4.38. The lowest BCUT2D eigenvalue weighted by molar-refractivity contribution is 0.318. The van der Waals surface area contributed by atoms with E-state index in [0.29, 0.717) is 12.6 Å². The summed E-state index contributed by atoms with van der Waals surface area (Å²) in [4.78, 5) is 4.81. The maximum absolute atomic E-state index is 6.14. The molecule has 19 heavy (non-hydrogen) atoms. The smallest absolute Gasteiger partial charge is 0.0662 e. The molecule has 0 aromatic heterocycles. The SMILES string of the molecule is Cc1ccc(N(C)C2(CN)CC(C)N(C)C2)c(C)c1. The summed E-state index contributed by atoms with van der Waals surface area (Å²) < 4.78 is 0. The van der Waals surface area contributed by atoms with E-state index in [2.05, 4.69) is 62.9 Å². The van der Waals surface area contributed by atoms with Gasteiger partial charge >= 0.3 is 0 Å². The van der Waals surface area contributed by atoms with Gasteiger partial charge in [-0.15, -0.1) is 0 Å². The van der Waals surface area contributed by atoms with Gasteiger partial charge < -0.3 is 15.5 Å². The molecule has 1 aromatic carbocycles. The second-order valence-electron chi connectivity index (χ2n) is 6.25. The Morgan fingerprint density at radius 3 is 2.58 bits per heavy atom. The molecule has 2 N–H and O–H groups in total. The predicted molar refractivity (Wildman–Crippen MR) is 82.8 cm³/mol. The van der Waals surface area contributed by atoms with Gasteiger partial charge in [-0.05, 0) is 45.9 Å². The lowest BCUT2D eigenvalue weighted by atomic mass is 9.93. The van der Waals surface area contributed by atoms with Crippen LogP contribution in [0.3, 0.4) is 0 Å². The highest BCUT2D eigenvalue weighted by Gasteiger charge is 2.43. The highest BCUT2D eigenvalue weighted by atomic mass is 15.3. The summed E-state index contributed by atoms with van der Waals surface area (Å²) >= 11 is 0. The molecular weight excluding hydrogens is 234 g/mol. The van der Waals surface area contributed by atoms with Gasteiger partial charge in [-0.3, -0.25) is 0 Å². The van der Waals surface area contributed by atoms with Crippen LogP contribution in [-0.4, -0.2) is 43.7 Å². The number of hydrogen-bond acceptors (Lipinski definition) is 3. The van der Waals surface area contributed by atoms with Crippen LogP contribution in [0.2, 0.25) is 0 Å². The normalized spacial score (nSPS) is 27.8. The topological polar surface area (TPSA) is 32.5 Å². The lowest BCUT2D eigenvalue weighted by Crippen LogP contribution is -2.54. The van der Waals surface area contributed by atoms with Gasteiger partial charge in [0.1, 0.15) is 0 Å². The molecule has 2 atom stereocenters. The molecular formula is C16H27N3. The van der Waals surface area contributed by atoms with Crippen LogP contribution in [-0.2, 0) is 0 Å². The number of likely N-dealkylation sites (N-methyl/N-ethyl adjacent to an activating group) is 2. The third kappa shape index (κ3) is 2.49. The molecule has 1 aromatic rings. The number of likely N-dealkylation sites (tertiary alicyclic amines) is 1. The van der Waals surface area contributed by atoms with E-state index in [1.807, 2.05) is 0 Å². The van der Waals surface area contributed by atoms with Crippen LogP contribution in [0.4, 0.5) is 5.69 Å². The minimum absolute atomic E-state index is 0.0637. The first-order valence-corrected chi connectivity index (χ1v) is 7.11. The molecule has 1 heterocycles. The van der Waals surface area contributed by atoms with Crippen molar-refractivity contribution in [3.8, 4) is 0 Å². The number of nitrogens with two attached hydrogens (primary N) is 1. The second kappa shape index (κ2) is 5.14. The number of hydrogen-bond donors (Lipinski definition) is 1. The molecule has 2 unspecified atom stereocenters. The molecule has 0 aliphatic carbocycles. The van der Waals surface area contributed by atoms with Crippen molar-refractivity contribution in [3.05, 3.63) is 29.3 Å². The van der Waals surface area contributed by atoms with E-state index >= 15 is 0 Å². The summed E-state index contributed by atoms with van der Waals surface area (Å²) in [6.07, 6.45) is 1.13. The fraction of sp³-hybridized carbons (Fsp3) is 0.625. The van der Waals surface area contributed by atoms with Crippen molar-refractivity contribution in [2.75, 3.05) is 32.1 Å². The third-order valence-electron chi connectivity index (χ3n) is 4.78. The number of anilines is 1. The molecule has 1 aliphatic rings. The minimum Gasteiger partial charge on any atom is -0.366 e. The molecule has 0 saturated carbocycles. The Morgan fingerprint density at radius 1 is 1.42 bits per heavy atom. The largest absolute Gasteiger partial charge is 0.366 e. The van der Waals surface area contributed by atoms with Crippen LogP contribution in [0.1, 0.15) is 24.5 Å². The van der Waals surface area contributed by atoms with Gasteiger partial charge in [0.15, 0.2) is 0 Å². The summed E-state index contributed by atoms with van der Waals surface area (Å²) in [6, 6.07) is 7.26. The second-order valence-corrected chi connectivity index (χ2v) is 6.25. The molecule has 3 heteroatoms. The average molecular weight is 261 g/mol. The molecule has 0 bridgehead atoms. The first-order chi connectivity index (χ1) is 8.89. The van der Waals surface area contributed by atoms with E-state index < -0.39 is 0 Å². The molecule has 1 aliphatic heterocycles. The zero-order valence-electron chi connectivity index (χ0n) is 12.9. The Kier molecular flexibility index (Phi) is 3.88. The summed E-state index contributed by atoms with van der Waals surface area (Å²) in [5.41, 5.74) is 10.2. The zero-order chi connectivity index (χ0) is 14.2. The van der Waals surface area contributed by atoms with Crippen molar-refractivity contribution in [2.24, 2.45) is 5.73 Å². The highest BCUT2D eigenvalue weighted by molar-refractivity contribution is 5.56. The van der Waals surface area contributed by atoms with Crippen molar-refractivity contribution < 1.29 is 0 Å². The first-order valence-electron chi connectivity index (χ1n) is 7.11. The van der Waals surface area contributed by atoms with Crippen LogP contribution in [0.15, 0.2) is 18.2 Å². The van der Waals surface area contributed by atoms with Crippen LogP contribution >= 0.6 is 0 Å². The highest BCUT2D eigenvalue weighted by Crippen LogP contribution is 2.34. The van der Waals surface area contributed by atoms with E-state index in [1.165, 1.54) is 16.8 Å². The monoisotopic (exact) mass is 261 g/mol. The Balaban J connectivity index is 2.34. The molecule has 106 valence electrons. The maximum atomic E-state index is 6.14. The maximum Gasteiger partial charge on any atom is 0.0662 e. The van der Waals surface area contributed by atoms with Crippen molar-refractivity contribution in [3.63, 3.8) is 0 Å². The quantitative estimate of drug-likeness (QED) is 0.905. The fourth-order valence-corrected chi connectivity index (χ4v) is 3.36. The predicted octanol–water partition coefficient (Wildman–Crippen LogP) is 2.16. The molecule has 3 nitrogen and oxygen atoms in total. The van der Waals surface area contributed by atoms with Gasteiger partial charge in [0.2, 0.25) is 0 Å². The summed E-state index contributed by atoms with van der Waals surface area (Å²) in [5.74, 6) is 0. The lowest BCUT2D eigenvalue weighted by Gasteiger charge is -2.40. The number of nitrogens with zero attached hydrogens (tertiary/aromatic N) is 2. The molecule has 0 spiro atoms. The van der Waals surface area contributed by atoms with E-state index in [1.54, 1.807) is 0 Å². The molecule has 0 radical (unpaired) electrons. The van der Waals surface area contributed by atoms with Crippen LogP contribution < -0.4 is 10.6 Å². The van der Waals surface area contributed by atoms with Crippen LogP contribution in [0, 0.1) is 13.8 Å². The Hall–Kier alpha value is -1.06. The van der Waals surface area contributed by atoms with Gasteiger partial charge in [-0.1, -0.05) is 17.7 Å². The van der Waals surface area contributed by atoms with Crippen molar-refractivity contribution in [1.82, 2.24) is 4.90 Å². The fourth-order valence-electron chi connectivity index (χ4n) is 3.36. The van der Waals surface area contributed by atoms with Crippen LogP contribution in [0.25, 0.3) is 0 Å². The Morgan fingerprint density at radius 2 is 2.11 bits per heavy atom. The Bertz CT molecular complexity index is 445. The van der Waals surface area contributed by atoms with Gasteiger partial charge in [0, 0.05) is 31.9 Å². The van der Waals surface area contributed by atoms with Crippen molar-refractivity contribution in [2.45, 2.75) is 38.8 Å². The van der Waals surface area contributed by atoms with Crippen LogP contribution in [0.5, 0.6) is 0 Å². The van der Waals surface area contributed by atoms with Gasteiger partial charge in [-0.2, -0.15) is 0 Å². The van der Waals surface area contributed by atoms with E-state index in [-0.39, 0.29) is 5.54 Å². The van der Waals surface area contributed by atoms with E-state index in [0.717, 1.165) is 13.0 Å². The van der Waals surface area contributed by atoms with Gasteiger partial charge in [0.05, 0.1) is 5.54 Å². The van der Waals surface area contributed by atoms with Gasteiger partial charge in [-0.25, -0.2) is 0 Å². The average Bonchev–Trinajstić information content (AvgIpc) is 2.65.